The van der Waals surface area contributed by atoms with Gasteiger partial charge in [0.25, 0.3) is 5.91 Å². The lowest BCUT2D eigenvalue weighted by Crippen LogP contribution is -2.36. The van der Waals surface area contributed by atoms with Crippen LogP contribution >= 0.6 is 0 Å². The van der Waals surface area contributed by atoms with E-state index in [2.05, 4.69) is 15.6 Å². The van der Waals surface area contributed by atoms with Crippen LogP contribution in [0.3, 0.4) is 0 Å². The molecule has 2 rings (SSSR count). The second-order valence-electron chi connectivity index (χ2n) is 7.50. The molecule has 0 aromatic heterocycles. The van der Waals surface area contributed by atoms with Gasteiger partial charge in [-0.25, -0.2) is 0 Å². The Morgan fingerprint density at radius 2 is 1.79 bits per heavy atom. The molecular formula is C22H30N4O3. The molecule has 0 fully saturated rings. The Balaban J connectivity index is 1.92. The number of aliphatic imine (C=N–C) groups is 1. The number of nitrogens with two attached hydrogens (primary N) is 1. The van der Waals surface area contributed by atoms with Crippen LogP contribution in [-0.4, -0.2) is 31.1 Å². The Morgan fingerprint density at radius 1 is 1.07 bits per heavy atom. The maximum Gasteiger partial charge on any atom is 0.255 e. The Bertz CT molecular complexity index is 844. The Labute approximate surface area is 172 Å². The number of nitrogens with one attached hydrogen (secondary N) is 2. The van der Waals surface area contributed by atoms with E-state index in [9.17, 15) is 4.79 Å². The molecule has 2 aromatic rings. The molecular weight excluding hydrogens is 368 g/mol. The summed E-state index contributed by atoms with van der Waals surface area (Å²) in [6, 6.07) is 15.4. The van der Waals surface area contributed by atoms with Gasteiger partial charge in [0.05, 0.1) is 0 Å². The summed E-state index contributed by atoms with van der Waals surface area (Å²) in [4.78, 5) is 15.1. The van der Waals surface area contributed by atoms with E-state index in [1.54, 1.807) is 13.1 Å². The first-order valence-corrected chi connectivity index (χ1v) is 9.48. The molecule has 2 aromatic carbocycles. The van der Waals surface area contributed by atoms with Gasteiger partial charge in [0.15, 0.2) is 12.6 Å². The highest BCUT2D eigenvalue weighted by Gasteiger charge is 2.14. The molecule has 0 saturated heterocycles. The molecule has 0 radical (unpaired) electrons. The van der Waals surface area contributed by atoms with Gasteiger partial charge in [0.2, 0.25) is 0 Å². The molecule has 0 aliphatic rings. The summed E-state index contributed by atoms with van der Waals surface area (Å²) in [6.45, 7) is 7.06. The minimum atomic E-state index is -0.506. The number of nitrogens with zero attached hydrogens (tertiary/aromatic N) is 1. The van der Waals surface area contributed by atoms with E-state index in [4.69, 9.17) is 15.2 Å². The molecule has 0 atom stereocenters. The molecule has 7 heteroatoms. The SMILES string of the molecule is CN=C(NCc1cccc(OCC(N)=O)c1)NCc1ccccc1OC(C)(C)C. The number of carbonyl (C=O) groups is 1. The number of hydrogen-bond acceptors (Lipinski definition) is 4. The van der Waals surface area contributed by atoms with Crippen LogP contribution in [0.25, 0.3) is 0 Å². The summed E-state index contributed by atoms with van der Waals surface area (Å²) < 4.78 is 11.4. The van der Waals surface area contributed by atoms with Crippen LogP contribution in [0, 0.1) is 0 Å². The maximum atomic E-state index is 10.9. The number of primary amides is 1. The van der Waals surface area contributed by atoms with Crippen LogP contribution in [-0.2, 0) is 17.9 Å². The van der Waals surface area contributed by atoms with E-state index < -0.39 is 5.91 Å². The van der Waals surface area contributed by atoms with Gasteiger partial charge in [-0.3, -0.25) is 9.79 Å². The molecule has 0 heterocycles. The van der Waals surface area contributed by atoms with Crippen LogP contribution in [0.5, 0.6) is 11.5 Å². The number of carbonyl (C=O) groups excluding carboxylic acids is 1. The first kappa shape index (κ1) is 22.1. The summed E-state index contributed by atoms with van der Waals surface area (Å²) in [7, 11) is 1.72. The van der Waals surface area contributed by atoms with E-state index in [1.165, 1.54) is 0 Å². The monoisotopic (exact) mass is 398 g/mol. The fourth-order valence-corrected chi connectivity index (χ4v) is 2.56. The zero-order valence-corrected chi connectivity index (χ0v) is 17.5. The number of para-hydroxylation sites is 1. The molecule has 1 amide bonds. The molecule has 7 nitrogen and oxygen atoms in total. The van der Waals surface area contributed by atoms with Gasteiger partial charge in [0, 0.05) is 25.7 Å². The fourth-order valence-electron chi connectivity index (χ4n) is 2.56. The van der Waals surface area contributed by atoms with Crippen LogP contribution < -0.4 is 25.8 Å². The normalized spacial score (nSPS) is 11.7. The second kappa shape index (κ2) is 10.4. The standard InChI is InChI=1S/C22H30N4O3/c1-22(2,3)29-19-11-6-5-9-17(19)14-26-21(24-4)25-13-16-8-7-10-18(12-16)28-15-20(23)27/h5-12H,13-15H2,1-4H3,(H2,23,27)(H2,24,25,26). The highest BCUT2D eigenvalue weighted by atomic mass is 16.5. The van der Waals surface area contributed by atoms with E-state index in [-0.39, 0.29) is 12.2 Å². The Morgan fingerprint density at radius 3 is 2.48 bits per heavy atom. The van der Waals surface area contributed by atoms with Gasteiger partial charge in [-0.2, -0.15) is 0 Å². The summed E-state index contributed by atoms with van der Waals surface area (Å²) in [5.74, 6) is 1.61. The predicted octanol–water partition coefficient (Wildman–Crippen LogP) is 2.59. The number of benzene rings is 2. The van der Waals surface area contributed by atoms with E-state index >= 15 is 0 Å². The van der Waals surface area contributed by atoms with Crippen molar-refractivity contribution in [3.63, 3.8) is 0 Å². The van der Waals surface area contributed by atoms with Gasteiger partial charge >= 0.3 is 0 Å². The number of hydrogen-bond donors (Lipinski definition) is 3. The summed E-state index contributed by atoms with van der Waals surface area (Å²) in [5.41, 5.74) is 6.89. The molecule has 4 N–H and O–H groups in total. The fraction of sp³-hybridized carbons (Fsp3) is 0.364. The zero-order valence-electron chi connectivity index (χ0n) is 17.5. The minimum absolute atomic E-state index is 0.143. The number of rotatable bonds is 8. The van der Waals surface area contributed by atoms with Crippen molar-refractivity contribution in [3.05, 3.63) is 59.7 Å². The maximum absolute atomic E-state index is 10.9. The molecule has 0 spiro atoms. The Kier molecular flexibility index (Phi) is 7.88. The van der Waals surface area contributed by atoms with Crippen molar-refractivity contribution in [1.29, 1.82) is 0 Å². The van der Waals surface area contributed by atoms with Gasteiger partial charge in [-0.05, 0) is 44.5 Å². The second-order valence-corrected chi connectivity index (χ2v) is 7.50. The van der Waals surface area contributed by atoms with Gasteiger partial charge in [-0.1, -0.05) is 30.3 Å². The van der Waals surface area contributed by atoms with Crippen molar-refractivity contribution in [3.8, 4) is 11.5 Å². The van der Waals surface area contributed by atoms with Crippen LogP contribution in [0.4, 0.5) is 0 Å². The third-order valence-electron chi connectivity index (χ3n) is 3.80. The quantitative estimate of drug-likeness (QED) is 0.469. The van der Waals surface area contributed by atoms with E-state index in [1.807, 2.05) is 63.2 Å². The lowest BCUT2D eigenvalue weighted by atomic mass is 10.1. The number of guanidine groups is 1. The lowest BCUT2D eigenvalue weighted by molar-refractivity contribution is -0.119. The zero-order chi connectivity index (χ0) is 21.3. The molecule has 0 saturated carbocycles. The van der Waals surface area contributed by atoms with Crippen molar-refractivity contribution >= 4 is 11.9 Å². The van der Waals surface area contributed by atoms with Crippen molar-refractivity contribution in [2.24, 2.45) is 10.7 Å². The first-order chi connectivity index (χ1) is 13.8. The average Bonchev–Trinajstić information content (AvgIpc) is 2.67. The summed E-state index contributed by atoms with van der Waals surface area (Å²) in [6.07, 6.45) is 0. The molecule has 29 heavy (non-hydrogen) atoms. The number of amides is 1. The number of ether oxygens (including phenoxy) is 2. The highest BCUT2D eigenvalue weighted by Crippen LogP contribution is 2.22. The average molecular weight is 399 g/mol. The predicted molar refractivity (Wildman–Crippen MR) is 115 cm³/mol. The molecule has 156 valence electrons. The van der Waals surface area contributed by atoms with Gasteiger partial charge in [-0.15, -0.1) is 0 Å². The summed E-state index contributed by atoms with van der Waals surface area (Å²) >= 11 is 0. The van der Waals surface area contributed by atoms with Crippen molar-refractivity contribution in [2.45, 2.75) is 39.5 Å². The third kappa shape index (κ3) is 8.13. The summed E-state index contributed by atoms with van der Waals surface area (Å²) in [5, 5.41) is 6.57. The van der Waals surface area contributed by atoms with Crippen LogP contribution in [0.1, 0.15) is 31.9 Å². The van der Waals surface area contributed by atoms with E-state index in [0.717, 1.165) is 16.9 Å². The molecule has 0 unspecified atom stereocenters. The van der Waals surface area contributed by atoms with Crippen LogP contribution in [0.15, 0.2) is 53.5 Å². The topological polar surface area (TPSA) is 98.0 Å². The van der Waals surface area contributed by atoms with Crippen molar-refractivity contribution in [2.75, 3.05) is 13.7 Å². The van der Waals surface area contributed by atoms with Gasteiger partial charge in [0.1, 0.15) is 17.1 Å². The lowest BCUT2D eigenvalue weighted by Gasteiger charge is -2.23. The smallest absolute Gasteiger partial charge is 0.255 e. The Hall–Kier alpha value is -3.22. The molecule has 0 aliphatic carbocycles. The molecule has 0 bridgehead atoms. The minimum Gasteiger partial charge on any atom is -0.488 e. The highest BCUT2D eigenvalue weighted by molar-refractivity contribution is 5.79. The van der Waals surface area contributed by atoms with Crippen LogP contribution in [0.2, 0.25) is 0 Å². The first-order valence-electron chi connectivity index (χ1n) is 9.48. The molecule has 0 aliphatic heterocycles. The third-order valence-corrected chi connectivity index (χ3v) is 3.80. The van der Waals surface area contributed by atoms with Crippen molar-refractivity contribution in [1.82, 2.24) is 10.6 Å². The van der Waals surface area contributed by atoms with Crippen molar-refractivity contribution < 1.29 is 14.3 Å². The van der Waals surface area contributed by atoms with Gasteiger partial charge < -0.3 is 25.8 Å². The van der Waals surface area contributed by atoms with E-state index in [0.29, 0.717) is 24.8 Å². The largest absolute Gasteiger partial charge is 0.488 e.